The van der Waals surface area contributed by atoms with Crippen LogP contribution in [0.3, 0.4) is 0 Å². The van der Waals surface area contributed by atoms with Crippen molar-refractivity contribution in [2.75, 3.05) is 79.3 Å². The second-order valence-electron chi connectivity index (χ2n) is 22.4. The molecule has 466 valence electrons. The van der Waals surface area contributed by atoms with E-state index < -0.39 is 92.9 Å². The third-order valence-corrected chi connectivity index (χ3v) is 15.1. The zero-order valence-electron chi connectivity index (χ0n) is 49.8. The summed E-state index contributed by atoms with van der Waals surface area (Å²) in [5.74, 6) is 0. The van der Waals surface area contributed by atoms with Gasteiger partial charge in [-0.2, -0.15) is 0 Å². The molecule has 2 aliphatic heterocycles. The standard InChI is InChI=1S/C61H120O17/c1-5-9-13-17-21-25-29-33-37-69-43-49(44-70-38-34-30-26-22-18-14-10-6-2)73-47-51(75-60-58(68)56(66)59(53(42-63)77-60)78-61-57(67)55(65)54(64)52(41-62)76-61)48-74-50(45-71-39-35-31-27-23-19-15-11-7-3)46-72-40-36-32-28-24-20-16-12-8-4/h49-68H,5-48H2,1-4H3/t52-,53-,54+,55+,56-,57-,58-,59-,60?,61+/m1/s1. The largest absolute Gasteiger partial charge is 0.394 e. The summed E-state index contributed by atoms with van der Waals surface area (Å²) in [7, 11) is 0. The molecule has 0 aliphatic carbocycles. The predicted molar refractivity (Wildman–Crippen MR) is 304 cm³/mol. The Kier molecular flexibility index (Phi) is 47.8. The zero-order valence-corrected chi connectivity index (χ0v) is 49.8. The summed E-state index contributed by atoms with van der Waals surface area (Å²) in [6.07, 6.45) is 20.5. The monoisotopic (exact) mass is 1120 g/mol. The van der Waals surface area contributed by atoms with Crippen molar-refractivity contribution in [3.63, 3.8) is 0 Å². The number of aliphatic hydroxyl groups is 7. The Morgan fingerprint density at radius 3 is 0.962 bits per heavy atom. The highest BCUT2D eigenvalue weighted by Gasteiger charge is 2.51. The molecule has 0 saturated carbocycles. The molecule has 0 bridgehead atoms. The van der Waals surface area contributed by atoms with E-state index in [2.05, 4.69) is 27.7 Å². The maximum atomic E-state index is 11.6. The minimum atomic E-state index is -1.79. The van der Waals surface area contributed by atoms with Crippen molar-refractivity contribution in [1.29, 1.82) is 0 Å². The van der Waals surface area contributed by atoms with Crippen LogP contribution in [0.4, 0.5) is 0 Å². The van der Waals surface area contributed by atoms with E-state index in [4.69, 9.17) is 47.4 Å². The van der Waals surface area contributed by atoms with E-state index in [1.807, 2.05) is 0 Å². The van der Waals surface area contributed by atoms with Gasteiger partial charge in [-0.25, -0.2) is 0 Å². The van der Waals surface area contributed by atoms with E-state index in [0.717, 1.165) is 51.4 Å². The lowest BCUT2D eigenvalue weighted by Gasteiger charge is -2.46. The minimum Gasteiger partial charge on any atom is -0.394 e. The third-order valence-electron chi connectivity index (χ3n) is 15.1. The predicted octanol–water partition coefficient (Wildman–Crippen LogP) is 9.40. The Morgan fingerprint density at radius 1 is 0.321 bits per heavy atom. The summed E-state index contributed by atoms with van der Waals surface area (Å²) in [6.45, 7) is 11.1. The van der Waals surface area contributed by atoms with Crippen LogP contribution < -0.4 is 0 Å². The molecule has 7 N–H and O–H groups in total. The lowest BCUT2D eigenvalue weighted by Crippen LogP contribution is -2.65. The lowest BCUT2D eigenvalue weighted by molar-refractivity contribution is -0.364. The van der Waals surface area contributed by atoms with Crippen molar-refractivity contribution >= 4 is 0 Å². The van der Waals surface area contributed by atoms with Gasteiger partial charge in [0.25, 0.3) is 0 Å². The molecule has 78 heavy (non-hydrogen) atoms. The van der Waals surface area contributed by atoms with Crippen LogP contribution in [-0.2, 0) is 47.4 Å². The van der Waals surface area contributed by atoms with Crippen molar-refractivity contribution in [3.8, 4) is 0 Å². The van der Waals surface area contributed by atoms with Gasteiger partial charge in [-0.1, -0.05) is 207 Å². The van der Waals surface area contributed by atoms with Gasteiger partial charge < -0.3 is 83.1 Å². The van der Waals surface area contributed by atoms with Crippen molar-refractivity contribution < 1.29 is 83.1 Å². The van der Waals surface area contributed by atoms with Crippen molar-refractivity contribution in [2.24, 2.45) is 0 Å². The van der Waals surface area contributed by atoms with Gasteiger partial charge in [0.1, 0.15) is 67.1 Å². The summed E-state index contributed by atoms with van der Waals surface area (Å²) >= 11 is 0. The van der Waals surface area contributed by atoms with E-state index in [1.165, 1.54) is 154 Å². The van der Waals surface area contributed by atoms with Gasteiger partial charge in [0, 0.05) is 26.4 Å². The topological polar surface area (TPSA) is 234 Å². The van der Waals surface area contributed by atoms with Gasteiger partial charge in [0.15, 0.2) is 12.6 Å². The average Bonchev–Trinajstić information content (AvgIpc) is 3.45. The Bertz CT molecular complexity index is 1170. The second kappa shape index (κ2) is 50.8. The SMILES string of the molecule is CCCCCCCCCCOCC(COCCCCCCCCCC)OCC(COC(COCCCCCCCCCC)COCCCCCCCCCC)OC1O[C@H](CO)[C@@H](O[C@@H]2O[C@H](CO)[C@H](O)[C@H](O)[C@H]2O)[C@H](O)[C@H]1O. The summed E-state index contributed by atoms with van der Waals surface area (Å²) in [4.78, 5) is 0. The van der Waals surface area contributed by atoms with Crippen molar-refractivity contribution in [3.05, 3.63) is 0 Å². The van der Waals surface area contributed by atoms with E-state index >= 15 is 0 Å². The average molecular weight is 1130 g/mol. The van der Waals surface area contributed by atoms with Crippen LogP contribution in [0.1, 0.15) is 233 Å². The fourth-order valence-electron chi connectivity index (χ4n) is 9.97. The molecule has 0 amide bonds. The number of ether oxygens (including phenoxy) is 10. The number of hydrogen-bond acceptors (Lipinski definition) is 17. The highest BCUT2D eigenvalue weighted by Crippen LogP contribution is 2.30. The Hall–Kier alpha value is -0.680. The van der Waals surface area contributed by atoms with Gasteiger partial charge in [-0.15, -0.1) is 0 Å². The van der Waals surface area contributed by atoms with Gasteiger partial charge in [0.2, 0.25) is 0 Å². The Balaban J connectivity index is 2.25. The molecule has 0 radical (unpaired) electrons. The van der Waals surface area contributed by atoms with Crippen LogP contribution in [0.5, 0.6) is 0 Å². The minimum absolute atomic E-state index is 0.0326. The highest BCUT2D eigenvalue weighted by molar-refractivity contribution is 4.94. The fraction of sp³-hybridized carbons (Fsp3) is 1.00. The first-order valence-corrected chi connectivity index (χ1v) is 31.9. The molecule has 2 aliphatic rings. The fourth-order valence-corrected chi connectivity index (χ4v) is 9.97. The summed E-state index contributed by atoms with van der Waals surface area (Å²) in [5, 5.41) is 74.8. The molecule has 10 atom stereocenters. The van der Waals surface area contributed by atoms with E-state index in [-0.39, 0.29) is 13.2 Å². The van der Waals surface area contributed by atoms with Crippen LogP contribution in [-0.4, -0.2) is 195 Å². The molecule has 17 nitrogen and oxygen atoms in total. The van der Waals surface area contributed by atoms with Crippen LogP contribution >= 0.6 is 0 Å². The molecule has 17 heteroatoms. The normalized spacial score (nSPS) is 23.9. The third kappa shape index (κ3) is 34.8. The van der Waals surface area contributed by atoms with E-state index in [1.54, 1.807) is 0 Å². The van der Waals surface area contributed by atoms with Gasteiger partial charge >= 0.3 is 0 Å². The molecule has 0 spiro atoms. The van der Waals surface area contributed by atoms with E-state index in [0.29, 0.717) is 52.9 Å². The van der Waals surface area contributed by atoms with Crippen LogP contribution in [0.25, 0.3) is 0 Å². The maximum absolute atomic E-state index is 11.6. The molecular formula is C61H120O17. The molecule has 2 fully saturated rings. The second-order valence-corrected chi connectivity index (χ2v) is 22.4. The van der Waals surface area contributed by atoms with Crippen LogP contribution in [0.15, 0.2) is 0 Å². The number of hydrogen-bond donors (Lipinski definition) is 7. The van der Waals surface area contributed by atoms with Crippen LogP contribution in [0, 0.1) is 0 Å². The molecule has 2 rings (SSSR count). The highest BCUT2D eigenvalue weighted by atomic mass is 16.7. The first-order valence-electron chi connectivity index (χ1n) is 31.9. The molecule has 0 aromatic carbocycles. The number of aliphatic hydroxyl groups excluding tert-OH is 7. The number of unbranched alkanes of at least 4 members (excludes halogenated alkanes) is 28. The molecule has 2 saturated heterocycles. The lowest BCUT2D eigenvalue weighted by atomic mass is 9.97. The van der Waals surface area contributed by atoms with Crippen LogP contribution in [0.2, 0.25) is 0 Å². The molecule has 0 aromatic rings. The molecule has 0 aromatic heterocycles. The Morgan fingerprint density at radius 2 is 0.628 bits per heavy atom. The van der Waals surface area contributed by atoms with Crippen molar-refractivity contribution in [1.82, 2.24) is 0 Å². The van der Waals surface area contributed by atoms with Crippen molar-refractivity contribution in [2.45, 2.75) is 313 Å². The Labute approximate surface area is 473 Å². The summed E-state index contributed by atoms with van der Waals surface area (Å²) in [5.41, 5.74) is 0. The van der Waals surface area contributed by atoms with E-state index in [9.17, 15) is 35.7 Å². The molecule has 1 unspecified atom stereocenters. The summed E-state index contributed by atoms with van der Waals surface area (Å²) in [6, 6.07) is 0. The smallest absolute Gasteiger partial charge is 0.187 e. The first-order chi connectivity index (χ1) is 38.1. The quantitative estimate of drug-likeness (QED) is 0.0281. The maximum Gasteiger partial charge on any atom is 0.187 e. The van der Waals surface area contributed by atoms with Gasteiger partial charge in [-0.3, -0.25) is 0 Å². The molecular weight excluding hydrogens is 1000 g/mol. The summed E-state index contributed by atoms with van der Waals surface area (Å²) < 4.78 is 61.9. The van der Waals surface area contributed by atoms with Gasteiger partial charge in [0.05, 0.1) is 52.9 Å². The first kappa shape index (κ1) is 73.4. The molecule has 2 heterocycles. The van der Waals surface area contributed by atoms with Gasteiger partial charge in [-0.05, 0) is 25.7 Å². The zero-order chi connectivity index (χ0) is 56.7. The number of rotatable bonds is 56.